The van der Waals surface area contributed by atoms with Crippen molar-refractivity contribution in [3.8, 4) is 0 Å². The van der Waals surface area contributed by atoms with Crippen LogP contribution in [0.15, 0.2) is 34.9 Å². The van der Waals surface area contributed by atoms with Crippen molar-refractivity contribution in [3.05, 3.63) is 45.0 Å². The normalized spacial score (nSPS) is 9.44. The van der Waals surface area contributed by atoms with Crippen molar-refractivity contribution in [1.29, 1.82) is 0 Å². The number of benzene rings is 1. The number of hydrogen-bond acceptors (Lipinski definition) is 3. The van der Waals surface area contributed by atoms with E-state index in [1.807, 2.05) is 32.0 Å². The molecule has 4 nitrogen and oxygen atoms in total. The summed E-state index contributed by atoms with van der Waals surface area (Å²) in [5, 5.41) is 11.4. The SMILES string of the molecule is CC.O=[N+]([O-])c1cnc2ccccc2c1Br. The maximum absolute atomic E-state index is 10.6. The Morgan fingerprint density at radius 2 is 1.94 bits per heavy atom. The maximum atomic E-state index is 10.6. The molecule has 1 aromatic carbocycles. The van der Waals surface area contributed by atoms with Crippen LogP contribution < -0.4 is 0 Å². The monoisotopic (exact) mass is 282 g/mol. The first-order valence-corrected chi connectivity index (χ1v) is 5.67. The highest BCUT2D eigenvalue weighted by molar-refractivity contribution is 9.10. The lowest BCUT2D eigenvalue weighted by Gasteiger charge is -1.99. The van der Waals surface area contributed by atoms with Crippen molar-refractivity contribution in [2.75, 3.05) is 0 Å². The lowest BCUT2D eigenvalue weighted by molar-refractivity contribution is -0.385. The van der Waals surface area contributed by atoms with Gasteiger partial charge in [0.05, 0.1) is 10.4 Å². The molecule has 0 spiro atoms. The zero-order chi connectivity index (χ0) is 12.1. The Bertz CT molecular complexity index is 514. The molecule has 84 valence electrons. The molecule has 0 radical (unpaired) electrons. The Labute approximate surface area is 102 Å². The molecule has 1 heterocycles. The van der Waals surface area contributed by atoms with Gasteiger partial charge in [-0.1, -0.05) is 32.0 Å². The summed E-state index contributed by atoms with van der Waals surface area (Å²) in [6, 6.07) is 7.26. The molecule has 2 aromatic rings. The number of fused-ring (bicyclic) bond motifs is 1. The second-order valence-corrected chi connectivity index (χ2v) is 3.52. The van der Waals surface area contributed by atoms with E-state index >= 15 is 0 Å². The fourth-order valence-electron chi connectivity index (χ4n) is 1.22. The molecule has 0 aliphatic rings. The third kappa shape index (κ3) is 2.36. The van der Waals surface area contributed by atoms with Crippen LogP contribution in [0.1, 0.15) is 13.8 Å². The summed E-state index contributed by atoms with van der Waals surface area (Å²) in [5.41, 5.74) is 0.730. The molecule has 0 aliphatic carbocycles. The summed E-state index contributed by atoms with van der Waals surface area (Å²) in [5.74, 6) is 0. The molecule has 16 heavy (non-hydrogen) atoms. The first kappa shape index (κ1) is 12.6. The Hall–Kier alpha value is -1.49. The smallest absolute Gasteiger partial charge is 0.258 e. The molecule has 0 N–H and O–H groups in total. The van der Waals surface area contributed by atoms with Crippen LogP contribution in [-0.4, -0.2) is 9.91 Å². The fourth-order valence-corrected chi connectivity index (χ4v) is 1.81. The van der Waals surface area contributed by atoms with Gasteiger partial charge in [-0.25, -0.2) is 4.98 Å². The van der Waals surface area contributed by atoms with Gasteiger partial charge in [-0.15, -0.1) is 0 Å². The average molecular weight is 283 g/mol. The molecule has 0 bridgehead atoms. The van der Waals surface area contributed by atoms with Crippen LogP contribution in [0.5, 0.6) is 0 Å². The molecule has 0 fully saturated rings. The van der Waals surface area contributed by atoms with Gasteiger partial charge in [-0.3, -0.25) is 10.1 Å². The maximum Gasteiger partial charge on any atom is 0.302 e. The molecule has 0 aliphatic heterocycles. The largest absolute Gasteiger partial charge is 0.302 e. The van der Waals surface area contributed by atoms with Crippen LogP contribution in [-0.2, 0) is 0 Å². The number of nitro groups is 1. The molecule has 0 atom stereocenters. The van der Waals surface area contributed by atoms with Crippen LogP contribution >= 0.6 is 15.9 Å². The number of rotatable bonds is 1. The quantitative estimate of drug-likeness (QED) is 0.588. The van der Waals surface area contributed by atoms with Crippen molar-refractivity contribution < 1.29 is 4.92 Å². The van der Waals surface area contributed by atoms with Crippen molar-refractivity contribution in [2.45, 2.75) is 13.8 Å². The highest BCUT2D eigenvalue weighted by atomic mass is 79.9. The Balaban J connectivity index is 0.000000606. The minimum absolute atomic E-state index is 0.0105. The molecule has 0 amide bonds. The summed E-state index contributed by atoms with van der Waals surface area (Å²) in [4.78, 5) is 14.1. The Morgan fingerprint density at radius 1 is 1.31 bits per heavy atom. The van der Waals surface area contributed by atoms with Crippen molar-refractivity contribution in [3.63, 3.8) is 0 Å². The predicted molar refractivity (Wildman–Crippen MR) is 67.4 cm³/mol. The van der Waals surface area contributed by atoms with E-state index in [2.05, 4.69) is 20.9 Å². The third-order valence-corrected chi connectivity index (χ3v) is 2.72. The molecule has 0 saturated carbocycles. The second-order valence-electron chi connectivity index (χ2n) is 2.73. The number of aromatic nitrogens is 1. The zero-order valence-electron chi connectivity index (χ0n) is 8.98. The molecule has 1 aromatic heterocycles. The van der Waals surface area contributed by atoms with Crippen LogP contribution in [0.25, 0.3) is 10.9 Å². The summed E-state index contributed by atoms with van der Waals surface area (Å²) in [6.45, 7) is 4.00. The third-order valence-electron chi connectivity index (χ3n) is 1.89. The van der Waals surface area contributed by atoms with Gasteiger partial charge in [0.1, 0.15) is 10.7 Å². The molecular weight excluding hydrogens is 272 g/mol. The van der Waals surface area contributed by atoms with Crippen LogP contribution in [0.2, 0.25) is 0 Å². The van der Waals surface area contributed by atoms with Gasteiger partial charge in [0.25, 0.3) is 0 Å². The average Bonchev–Trinajstić information content (AvgIpc) is 2.32. The lowest BCUT2D eigenvalue weighted by Crippen LogP contribution is -1.91. The fraction of sp³-hybridized carbons (Fsp3) is 0.182. The lowest BCUT2D eigenvalue weighted by atomic mass is 10.2. The number of nitrogens with zero attached hydrogens (tertiary/aromatic N) is 2. The second kappa shape index (κ2) is 5.55. The van der Waals surface area contributed by atoms with E-state index in [1.165, 1.54) is 6.20 Å². The van der Waals surface area contributed by atoms with E-state index < -0.39 is 4.92 Å². The Kier molecular flexibility index (Phi) is 4.37. The van der Waals surface area contributed by atoms with Crippen LogP contribution in [0.4, 0.5) is 5.69 Å². The van der Waals surface area contributed by atoms with E-state index in [0.717, 1.165) is 10.9 Å². The van der Waals surface area contributed by atoms with Gasteiger partial charge in [0, 0.05) is 5.39 Å². The van der Waals surface area contributed by atoms with E-state index in [9.17, 15) is 10.1 Å². The van der Waals surface area contributed by atoms with Crippen molar-refractivity contribution in [1.82, 2.24) is 4.98 Å². The molecule has 5 heteroatoms. The van der Waals surface area contributed by atoms with Crippen molar-refractivity contribution in [2.24, 2.45) is 0 Å². The molecule has 0 unspecified atom stereocenters. The molecule has 2 rings (SSSR count). The van der Waals surface area contributed by atoms with Crippen LogP contribution in [0, 0.1) is 10.1 Å². The Morgan fingerprint density at radius 3 is 2.56 bits per heavy atom. The van der Waals surface area contributed by atoms with Gasteiger partial charge in [-0.2, -0.15) is 0 Å². The highest BCUT2D eigenvalue weighted by Gasteiger charge is 2.14. The van der Waals surface area contributed by atoms with Crippen LogP contribution in [0.3, 0.4) is 0 Å². The topological polar surface area (TPSA) is 56.0 Å². The van der Waals surface area contributed by atoms with Gasteiger partial charge in [0.15, 0.2) is 0 Å². The number of pyridine rings is 1. The van der Waals surface area contributed by atoms with E-state index in [4.69, 9.17) is 0 Å². The number of para-hydroxylation sites is 1. The van der Waals surface area contributed by atoms with E-state index in [-0.39, 0.29) is 5.69 Å². The van der Waals surface area contributed by atoms with E-state index in [0.29, 0.717) is 4.47 Å². The van der Waals surface area contributed by atoms with Gasteiger partial charge in [-0.05, 0) is 22.0 Å². The zero-order valence-corrected chi connectivity index (χ0v) is 10.6. The summed E-state index contributed by atoms with van der Waals surface area (Å²) in [7, 11) is 0. The number of hydrogen-bond donors (Lipinski definition) is 0. The standard InChI is InChI=1S/C9H5BrN2O2.C2H6/c10-9-6-3-1-2-4-7(6)11-5-8(9)12(13)14;1-2/h1-5H;1-2H3. The minimum Gasteiger partial charge on any atom is -0.258 e. The summed E-state index contributed by atoms with van der Waals surface area (Å²) < 4.78 is 0.480. The predicted octanol–water partition coefficient (Wildman–Crippen LogP) is 3.93. The first-order valence-electron chi connectivity index (χ1n) is 4.88. The summed E-state index contributed by atoms with van der Waals surface area (Å²) in [6.07, 6.45) is 1.26. The highest BCUT2D eigenvalue weighted by Crippen LogP contribution is 2.30. The van der Waals surface area contributed by atoms with E-state index in [1.54, 1.807) is 6.07 Å². The summed E-state index contributed by atoms with van der Waals surface area (Å²) >= 11 is 3.20. The van der Waals surface area contributed by atoms with Crippen molar-refractivity contribution >= 4 is 32.5 Å². The van der Waals surface area contributed by atoms with Gasteiger partial charge in [0.2, 0.25) is 0 Å². The number of halogens is 1. The first-order chi connectivity index (χ1) is 7.70. The molecular formula is C11H11BrN2O2. The minimum atomic E-state index is -0.455. The van der Waals surface area contributed by atoms with Gasteiger partial charge >= 0.3 is 5.69 Å². The molecule has 0 saturated heterocycles. The van der Waals surface area contributed by atoms with Gasteiger partial charge < -0.3 is 0 Å².